The van der Waals surface area contributed by atoms with E-state index < -0.39 is 0 Å². The van der Waals surface area contributed by atoms with Gasteiger partial charge in [0, 0.05) is 19.1 Å². The van der Waals surface area contributed by atoms with Crippen molar-refractivity contribution in [2.45, 2.75) is 32.7 Å². The second-order valence-corrected chi connectivity index (χ2v) is 5.68. The van der Waals surface area contributed by atoms with Crippen molar-refractivity contribution in [2.75, 3.05) is 39.5 Å². The number of nitrogens with one attached hydrogen (secondary N) is 1. The molecule has 0 aromatic rings. The summed E-state index contributed by atoms with van der Waals surface area (Å²) >= 11 is 0. The van der Waals surface area contributed by atoms with Crippen LogP contribution in [0.2, 0.25) is 0 Å². The maximum absolute atomic E-state index is 12.7. The van der Waals surface area contributed by atoms with Gasteiger partial charge in [0.05, 0.1) is 31.7 Å². The summed E-state index contributed by atoms with van der Waals surface area (Å²) in [6, 6.07) is 0.0884. The Balaban J connectivity index is 1.94. The Labute approximate surface area is 126 Å². The van der Waals surface area contributed by atoms with Crippen molar-refractivity contribution in [3.63, 3.8) is 0 Å². The van der Waals surface area contributed by atoms with Crippen molar-refractivity contribution < 1.29 is 19.1 Å². The highest BCUT2D eigenvalue weighted by Crippen LogP contribution is 2.23. The van der Waals surface area contributed by atoms with E-state index in [1.165, 1.54) is 0 Å². The van der Waals surface area contributed by atoms with Gasteiger partial charge in [0.15, 0.2) is 0 Å². The molecule has 2 saturated heterocycles. The van der Waals surface area contributed by atoms with Crippen LogP contribution < -0.4 is 5.32 Å². The van der Waals surface area contributed by atoms with Crippen molar-refractivity contribution in [3.05, 3.63) is 0 Å². The summed E-state index contributed by atoms with van der Waals surface area (Å²) in [5.74, 6) is -0.387. The Hall–Kier alpha value is -1.14. The number of carbonyl (C=O) groups is 2. The molecule has 2 fully saturated rings. The second kappa shape index (κ2) is 7.75. The Bertz CT molecular complexity index is 375. The average Bonchev–Trinajstić information content (AvgIpc) is 2.95. The predicted octanol–water partition coefficient (Wildman–Crippen LogP) is 0.413. The lowest BCUT2D eigenvalue weighted by atomic mass is 9.95. The van der Waals surface area contributed by atoms with Crippen molar-refractivity contribution in [1.29, 1.82) is 0 Å². The fourth-order valence-electron chi connectivity index (χ4n) is 3.13. The van der Waals surface area contributed by atoms with Crippen LogP contribution >= 0.6 is 0 Å². The summed E-state index contributed by atoms with van der Waals surface area (Å²) < 4.78 is 10.5. The third kappa shape index (κ3) is 3.95. The molecule has 21 heavy (non-hydrogen) atoms. The van der Waals surface area contributed by atoms with Crippen LogP contribution in [0.15, 0.2) is 0 Å². The van der Waals surface area contributed by atoms with Crippen LogP contribution in [0.4, 0.5) is 0 Å². The molecule has 2 rings (SSSR count). The Morgan fingerprint density at radius 2 is 2.14 bits per heavy atom. The first-order valence-electron chi connectivity index (χ1n) is 7.93. The summed E-state index contributed by atoms with van der Waals surface area (Å²) in [5.41, 5.74) is 0. The minimum absolute atomic E-state index is 0.0884. The number of hydrogen-bond acceptors (Lipinski definition) is 5. The molecule has 120 valence electrons. The zero-order valence-corrected chi connectivity index (χ0v) is 13.0. The molecule has 2 aliphatic rings. The van der Waals surface area contributed by atoms with Crippen LogP contribution in [0.5, 0.6) is 0 Å². The predicted molar refractivity (Wildman–Crippen MR) is 77.7 cm³/mol. The smallest absolute Gasteiger partial charge is 0.310 e. The van der Waals surface area contributed by atoms with E-state index in [0.717, 1.165) is 25.9 Å². The average molecular weight is 298 g/mol. The summed E-state index contributed by atoms with van der Waals surface area (Å²) in [7, 11) is 0. The number of rotatable bonds is 5. The Morgan fingerprint density at radius 1 is 1.33 bits per heavy atom. The van der Waals surface area contributed by atoms with Gasteiger partial charge in [-0.2, -0.15) is 0 Å². The maximum atomic E-state index is 12.7. The van der Waals surface area contributed by atoms with Crippen LogP contribution in [0, 0.1) is 11.8 Å². The first-order chi connectivity index (χ1) is 10.2. The number of amides is 1. The molecular formula is C15H26N2O4. The van der Waals surface area contributed by atoms with Crippen LogP contribution in [0.3, 0.4) is 0 Å². The molecule has 0 aliphatic carbocycles. The molecule has 0 radical (unpaired) electrons. The highest BCUT2D eigenvalue weighted by molar-refractivity contribution is 5.81. The molecule has 6 heteroatoms. The second-order valence-electron chi connectivity index (χ2n) is 5.68. The third-order valence-electron chi connectivity index (χ3n) is 4.22. The molecule has 0 saturated carbocycles. The third-order valence-corrected chi connectivity index (χ3v) is 4.22. The molecule has 3 atom stereocenters. The van der Waals surface area contributed by atoms with Crippen LogP contribution in [0.1, 0.15) is 26.7 Å². The van der Waals surface area contributed by atoms with Gasteiger partial charge in [0.2, 0.25) is 5.91 Å². The van der Waals surface area contributed by atoms with E-state index in [1.807, 2.05) is 11.8 Å². The van der Waals surface area contributed by atoms with E-state index in [2.05, 4.69) is 5.32 Å². The Kier molecular flexibility index (Phi) is 5.99. The number of esters is 1. The molecule has 2 heterocycles. The van der Waals surface area contributed by atoms with E-state index in [4.69, 9.17) is 9.47 Å². The summed E-state index contributed by atoms with van der Waals surface area (Å²) in [5, 5.41) is 3.30. The number of likely N-dealkylation sites (tertiary alicyclic amines) is 1. The number of piperidine rings is 1. The minimum Gasteiger partial charge on any atom is -0.466 e. The first kappa shape index (κ1) is 16.2. The summed E-state index contributed by atoms with van der Waals surface area (Å²) in [6.45, 7) is 7.30. The molecule has 1 N–H and O–H groups in total. The van der Waals surface area contributed by atoms with Crippen molar-refractivity contribution in [3.8, 4) is 0 Å². The zero-order valence-electron chi connectivity index (χ0n) is 13.0. The van der Waals surface area contributed by atoms with Gasteiger partial charge in [0.1, 0.15) is 0 Å². The van der Waals surface area contributed by atoms with Gasteiger partial charge >= 0.3 is 5.97 Å². The number of carbonyl (C=O) groups excluding carboxylic acids is 2. The van der Waals surface area contributed by atoms with Crippen molar-refractivity contribution in [1.82, 2.24) is 10.2 Å². The lowest BCUT2D eigenvalue weighted by molar-refractivity contribution is -0.152. The van der Waals surface area contributed by atoms with Gasteiger partial charge in [-0.3, -0.25) is 9.59 Å². The van der Waals surface area contributed by atoms with E-state index in [1.54, 1.807) is 6.92 Å². The molecule has 2 aliphatic heterocycles. The molecule has 1 amide bonds. The number of hydrogen-bond donors (Lipinski definition) is 1. The Morgan fingerprint density at radius 3 is 2.86 bits per heavy atom. The SMILES string of the molecule is CCNC1COCC1C(=O)N1CCCC(C(=O)OCC)C1. The van der Waals surface area contributed by atoms with Gasteiger partial charge in [-0.05, 0) is 26.3 Å². The zero-order chi connectivity index (χ0) is 15.2. The van der Waals surface area contributed by atoms with Gasteiger partial charge < -0.3 is 19.7 Å². The monoisotopic (exact) mass is 298 g/mol. The maximum Gasteiger partial charge on any atom is 0.310 e. The van der Waals surface area contributed by atoms with Crippen molar-refractivity contribution >= 4 is 11.9 Å². The molecule has 0 aromatic carbocycles. The van der Waals surface area contributed by atoms with Crippen molar-refractivity contribution in [2.24, 2.45) is 11.8 Å². The number of ether oxygens (including phenoxy) is 2. The van der Waals surface area contributed by atoms with Gasteiger partial charge in [-0.15, -0.1) is 0 Å². The lowest BCUT2D eigenvalue weighted by Crippen LogP contribution is -2.49. The number of likely N-dealkylation sites (N-methyl/N-ethyl adjacent to an activating group) is 1. The highest BCUT2D eigenvalue weighted by Gasteiger charge is 2.38. The molecule has 6 nitrogen and oxygen atoms in total. The normalized spacial score (nSPS) is 29.4. The van der Waals surface area contributed by atoms with E-state index in [0.29, 0.717) is 26.4 Å². The quantitative estimate of drug-likeness (QED) is 0.745. The fraction of sp³-hybridized carbons (Fsp3) is 0.867. The van der Waals surface area contributed by atoms with E-state index in [-0.39, 0.29) is 29.8 Å². The molecular weight excluding hydrogens is 272 g/mol. The topological polar surface area (TPSA) is 67.9 Å². The minimum atomic E-state index is -0.180. The fourth-order valence-corrected chi connectivity index (χ4v) is 3.13. The number of nitrogens with zero attached hydrogens (tertiary/aromatic N) is 1. The van der Waals surface area contributed by atoms with E-state index >= 15 is 0 Å². The standard InChI is InChI=1S/C15H26N2O4/c1-3-16-13-10-20-9-12(13)14(18)17-7-5-6-11(8-17)15(19)21-4-2/h11-13,16H,3-10H2,1-2H3. The van der Waals surface area contributed by atoms with E-state index in [9.17, 15) is 9.59 Å². The first-order valence-corrected chi connectivity index (χ1v) is 7.93. The highest BCUT2D eigenvalue weighted by atomic mass is 16.5. The van der Waals surface area contributed by atoms with Crippen LogP contribution in [-0.4, -0.2) is 62.3 Å². The van der Waals surface area contributed by atoms with Crippen LogP contribution in [0.25, 0.3) is 0 Å². The van der Waals surface area contributed by atoms with Gasteiger partial charge in [-0.1, -0.05) is 6.92 Å². The molecule has 0 bridgehead atoms. The lowest BCUT2D eigenvalue weighted by Gasteiger charge is -2.34. The van der Waals surface area contributed by atoms with Crippen LogP contribution in [-0.2, 0) is 19.1 Å². The largest absolute Gasteiger partial charge is 0.466 e. The summed E-state index contributed by atoms with van der Waals surface area (Å²) in [6.07, 6.45) is 1.66. The molecule has 3 unspecified atom stereocenters. The molecule has 0 aromatic heterocycles. The molecule has 0 spiro atoms. The summed E-state index contributed by atoms with van der Waals surface area (Å²) in [4.78, 5) is 26.3. The van der Waals surface area contributed by atoms with Gasteiger partial charge in [-0.25, -0.2) is 0 Å². The van der Waals surface area contributed by atoms with Gasteiger partial charge in [0.25, 0.3) is 0 Å².